The van der Waals surface area contributed by atoms with Crippen LogP contribution < -0.4 is 5.32 Å². The van der Waals surface area contributed by atoms with Crippen molar-refractivity contribution in [1.82, 2.24) is 9.97 Å². The van der Waals surface area contributed by atoms with Gasteiger partial charge in [0.2, 0.25) is 0 Å². The monoisotopic (exact) mass is 277 g/mol. The van der Waals surface area contributed by atoms with Gasteiger partial charge in [-0.25, -0.2) is 9.78 Å². The molecule has 1 aromatic rings. The van der Waals surface area contributed by atoms with E-state index >= 15 is 0 Å². The van der Waals surface area contributed by atoms with Crippen LogP contribution in [0.3, 0.4) is 0 Å². The van der Waals surface area contributed by atoms with Crippen LogP contribution in [0.1, 0.15) is 29.8 Å². The van der Waals surface area contributed by atoms with Gasteiger partial charge in [-0.2, -0.15) is 13.2 Å². The van der Waals surface area contributed by atoms with E-state index in [0.29, 0.717) is 18.8 Å². The second-order valence-corrected chi connectivity index (χ2v) is 3.78. The third-order valence-electron chi connectivity index (χ3n) is 2.22. The molecule has 0 fully saturated rings. The van der Waals surface area contributed by atoms with Gasteiger partial charge in [0.15, 0.2) is 5.69 Å². The fourth-order valence-corrected chi connectivity index (χ4v) is 1.32. The fourth-order valence-electron chi connectivity index (χ4n) is 1.32. The summed E-state index contributed by atoms with van der Waals surface area (Å²) < 4.78 is 40.2. The molecule has 0 saturated heterocycles. The summed E-state index contributed by atoms with van der Waals surface area (Å²) in [5, 5.41) is 2.80. The van der Waals surface area contributed by atoms with Crippen LogP contribution in [0.5, 0.6) is 0 Å². The Morgan fingerprint density at radius 2 is 2.11 bits per heavy atom. The first-order chi connectivity index (χ1) is 8.92. The molecule has 1 aromatic heterocycles. The molecule has 0 aliphatic heterocycles. The quantitative estimate of drug-likeness (QED) is 0.639. The lowest BCUT2D eigenvalue weighted by Gasteiger charge is -2.07. The van der Waals surface area contributed by atoms with Gasteiger partial charge in [0.25, 0.3) is 0 Å². The number of carbonyl (C=O) groups excluding carboxylic acids is 1. The fraction of sp³-hybridized carbons (Fsp3) is 0.545. The standard InChI is InChI=1S/C11H14F3N3O2/c1-19-10(18)8-6-15-7-9(17-8)16-5-3-2-4-11(12,13)14/h6-7H,2-5H2,1H3,(H,16,17). The number of nitrogens with zero attached hydrogens (tertiary/aromatic N) is 2. The predicted octanol–water partition coefficient (Wildman–Crippen LogP) is 2.41. The molecule has 0 aliphatic rings. The Bertz CT molecular complexity index is 424. The molecule has 1 heterocycles. The first-order valence-corrected chi connectivity index (χ1v) is 5.63. The largest absolute Gasteiger partial charge is 0.464 e. The number of rotatable bonds is 6. The average molecular weight is 277 g/mol. The molecule has 0 aromatic carbocycles. The lowest BCUT2D eigenvalue weighted by Crippen LogP contribution is -2.11. The minimum Gasteiger partial charge on any atom is -0.464 e. The number of methoxy groups -OCH3 is 1. The molecule has 8 heteroatoms. The van der Waals surface area contributed by atoms with E-state index in [-0.39, 0.29) is 12.1 Å². The van der Waals surface area contributed by atoms with Crippen LogP contribution in [-0.4, -0.2) is 35.8 Å². The van der Waals surface area contributed by atoms with E-state index in [4.69, 9.17) is 0 Å². The minimum absolute atomic E-state index is 0.0423. The third kappa shape index (κ3) is 6.03. The first-order valence-electron chi connectivity index (χ1n) is 5.63. The SMILES string of the molecule is COC(=O)c1cncc(NCCCCC(F)(F)F)n1. The van der Waals surface area contributed by atoms with Crippen LogP contribution in [0.15, 0.2) is 12.4 Å². The van der Waals surface area contributed by atoms with Gasteiger partial charge in [-0.15, -0.1) is 0 Å². The van der Waals surface area contributed by atoms with E-state index in [1.165, 1.54) is 19.5 Å². The van der Waals surface area contributed by atoms with Crippen molar-refractivity contribution in [2.75, 3.05) is 19.0 Å². The second-order valence-electron chi connectivity index (χ2n) is 3.78. The molecule has 5 nitrogen and oxygen atoms in total. The molecule has 1 N–H and O–H groups in total. The maximum absolute atomic E-state index is 11.9. The summed E-state index contributed by atoms with van der Waals surface area (Å²) in [5.41, 5.74) is 0.0443. The number of esters is 1. The Morgan fingerprint density at radius 1 is 1.37 bits per heavy atom. The van der Waals surface area contributed by atoms with Crippen LogP contribution >= 0.6 is 0 Å². The zero-order valence-corrected chi connectivity index (χ0v) is 10.3. The van der Waals surface area contributed by atoms with Crippen LogP contribution in [-0.2, 0) is 4.74 Å². The van der Waals surface area contributed by atoms with Crippen molar-refractivity contribution in [3.63, 3.8) is 0 Å². The maximum atomic E-state index is 11.9. The van der Waals surface area contributed by atoms with E-state index in [9.17, 15) is 18.0 Å². The molecule has 0 radical (unpaired) electrons. The normalized spacial score (nSPS) is 11.2. The van der Waals surface area contributed by atoms with Crippen molar-refractivity contribution in [1.29, 1.82) is 0 Å². The number of aromatic nitrogens is 2. The molecule has 0 unspecified atom stereocenters. The van der Waals surface area contributed by atoms with Gasteiger partial charge in [-0.3, -0.25) is 4.98 Å². The van der Waals surface area contributed by atoms with Gasteiger partial charge in [0, 0.05) is 13.0 Å². The topological polar surface area (TPSA) is 64.1 Å². The minimum atomic E-state index is -4.12. The van der Waals surface area contributed by atoms with Crippen LogP contribution in [0.4, 0.5) is 19.0 Å². The molecule has 1 rings (SSSR count). The molecule has 0 atom stereocenters. The molecule has 106 valence electrons. The second kappa shape index (κ2) is 6.91. The van der Waals surface area contributed by atoms with Crippen molar-refractivity contribution < 1.29 is 22.7 Å². The molecule has 0 spiro atoms. The number of hydrogen-bond donors (Lipinski definition) is 1. The van der Waals surface area contributed by atoms with Crippen molar-refractivity contribution >= 4 is 11.8 Å². The number of anilines is 1. The Morgan fingerprint density at radius 3 is 2.74 bits per heavy atom. The van der Waals surface area contributed by atoms with Crippen molar-refractivity contribution in [3.8, 4) is 0 Å². The molecule has 19 heavy (non-hydrogen) atoms. The van der Waals surface area contributed by atoms with Crippen LogP contribution in [0.2, 0.25) is 0 Å². The van der Waals surface area contributed by atoms with Gasteiger partial charge in [-0.1, -0.05) is 0 Å². The van der Waals surface area contributed by atoms with E-state index in [1.807, 2.05) is 0 Å². The summed E-state index contributed by atoms with van der Waals surface area (Å²) in [4.78, 5) is 18.9. The van der Waals surface area contributed by atoms with E-state index in [0.717, 1.165) is 0 Å². The highest BCUT2D eigenvalue weighted by molar-refractivity contribution is 5.87. The van der Waals surface area contributed by atoms with Gasteiger partial charge in [-0.05, 0) is 12.8 Å². The Kier molecular flexibility index (Phi) is 5.53. The first kappa shape index (κ1) is 15.2. The van der Waals surface area contributed by atoms with Gasteiger partial charge in [0.1, 0.15) is 5.82 Å². The van der Waals surface area contributed by atoms with Crippen molar-refractivity contribution in [2.45, 2.75) is 25.4 Å². The third-order valence-corrected chi connectivity index (χ3v) is 2.22. The number of nitrogens with one attached hydrogen (secondary N) is 1. The Hall–Kier alpha value is -1.86. The van der Waals surface area contributed by atoms with Gasteiger partial charge in [0.05, 0.1) is 19.5 Å². The number of unbranched alkanes of at least 4 members (excludes halogenated alkanes) is 1. The summed E-state index contributed by atoms with van der Waals surface area (Å²) >= 11 is 0. The summed E-state index contributed by atoms with van der Waals surface area (Å²) in [5.74, 6) is -0.289. The highest BCUT2D eigenvalue weighted by Crippen LogP contribution is 2.22. The molecular weight excluding hydrogens is 263 g/mol. The lowest BCUT2D eigenvalue weighted by molar-refractivity contribution is -0.135. The maximum Gasteiger partial charge on any atom is 0.389 e. The molecular formula is C11H14F3N3O2. The molecule has 0 saturated carbocycles. The highest BCUT2D eigenvalue weighted by Gasteiger charge is 2.25. The summed E-state index contributed by atoms with van der Waals surface area (Å²) in [7, 11) is 1.22. The van der Waals surface area contributed by atoms with E-state index in [2.05, 4.69) is 20.0 Å². The van der Waals surface area contributed by atoms with Gasteiger partial charge < -0.3 is 10.1 Å². The number of carbonyl (C=O) groups is 1. The highest BCUT2D eigenvalue weighted by atomic mass is 19.4. The van der Waals surface area contributed by atoms with Crippen molar-refractivity contribution in [2.24, 2.45) is 0 Å². The number of halogens is 3. The number of alkyl halides is 3. The number of ether oxygens (including phenoxy) is 1. The Labute approximate surface area is 108 Å². The van der Waals surface area contributed by atoms with Crippen LogP contribution in [0.25, 0.3) is 0 Å². The smallest absolute Gasteiger partial charge is 0.389 e. The summed E-state index contributed by atoms with van der Waals surface area (Å²) in [6.07, 6.45) is -1.89. The Balaban J connectivity index is 2.35. The average Bonchev–Trinajstić information content (AvgIpc) is 2.36. The molecule has 0 amide bonds. The summed E-state index contributed by atoms with van der Waals surface area (Å²) in [6.45, 7) is 0.329. The van der Waals surface area contributed by atoms with Crippen molar-refractivity contribution in [3.05, 3.63) is 18.1 Å². The predicted molar refractivity (Wildman–Crippen MR) is 61.8 cm³/mol. The van der Waals surface area contributed by atoms with Gasteiger partial charge >= 0.3 is 12.1 Å². The van der Waals surface area contributed by atoms with E-state index in [1.54, 1.807) is 0 Å². The molecule has 0 bridgehead atoms. The molecule has 0 aliphatic carbocycles. The lowest BCUT2D eigenvalue weighted by atomic mass is 10.2. The van der Waals surface area contributed by atoms with E-state index < -0.39 is 18.6 Å². The zero-order chi connectivity index (χ0) is 14.3. The van der Waals surface area contributed by atoms with Crippen LogP contribution in [0, 0.1) is 0 Å². The number of hydrogen-bond acceptors (Lipinski definition) is 5. The zero-order valence-electron chi connectivity index (χ0n) is 10.3. The summed E-state index contributed by atoms with van der Waals surface area (Å²) in [6, 6.07) is 0.